The van der Waals surface area contributed by atoms with E-state index in [9.17, 15) is 9.59 Å². The number of carboxylic acids is 1. The average molecular weight is 362 g/mol. The normalized spacial score (nSPS) is 25.5. The maximum atomic E-state index is 13.2. The van der Waals surface area contributed by atoms with Crippen LogP contribution in [0.3, 0.4) is 0 Å². The minimum Gasteiger partial charge on any atom is -0.486 e. The Bertz CT molecular complexity index is 709. The summed E-state index contributed by atoms with van der Waals surface area (Å²) in [4.78, 5) is 28.1. The molecule has 26 heavy (non-hydrogen) atoms. The Morgan fingerprint density at radius 2 is 1.96 bits per heavy atom. The van der Waals surface area contributed by atoms with Crippen molar-refractivity contribution in [3.63, 3.8) is 0 Å². The predicted molar refractivity (Wildman–Crippen MR) is 90.6 cm³/mol. The van der Waals surface area contributed by atoms with Gasteiger partial charge in [0.25, 0.3) is 5.91 Å². The van der Waals surface area contributed by atoms with Crippen LogP contribution in [0, 0.1) is 5.92 Å². The minimum absolute atomic E-state index is 0.0375. The van der Waals surface area contributed by atoms with Crippen LogP contribution in [-0.2, 0) is 9.53 Å². The van der Waals surface area contributed by atoms with Gasteiger partial charge in [-0.3, -0.25) is 14.5 Å². The third-order valence-corrected chi connectivity index (χ3v) is 5.00. The predicted octanol–water partition coefficient (Wildman–Crippen LogP) is 0.315. The maximum Gasteiger partial charge on any atom is 0.317 e. The number of para-hydroxylation sites is 1. The molecule has 0 spiro atoms. The van der Waals surface area contributed by atoms with Gasteiger partial charge in [-0.15, -0.1) is 0 Å². The molecular formula is C18H22N2O6. The molecule has 0 aliphatic carbocycles. The Labute approximate surface area is 151 Å². The lowest BCUT2D eigenvalue weighted by atomic mass is 10.1. The van der Waals surface area contributed by atoms with Crippen molar-refractivity contribution in [3.8, 4) is 11.5 Å². The number of carbonyl (C=O) groups is 2. The van der Waals surface area contributed by atoms with Gasteiger partial charge in [-0.1, -0.05) is 6.07 Å². The first-order valence-electron chi connectivity index (χ1n) is 8.83. The lowest BCUT2D eigenvalue weighted by molar-refractivity contribution is -0.139. The van der Waals surface area contributed by atoms with Gasteiger partial charge < -0.3 is 24.2 Å². The van der Waals surface area contributed by atoms with Gasteiger partial charge in [-0.25, -0.2) is 0 Å². The number of hydrogen-bond donors (Lipinski definition) is 1. The van der Waals surface area contributed by atoms with Gasteiger partial charge in [0.1, 0.15) is 13.2 Å². The highest BCUT2D eigenvalue weighted by Gasteiger charge is 2.37. The second kappa shape index (κ2) is 7.13. The van der Waals surface area contributed by atoms with Crippen molar-refractivity contribution in [1.82, 2.24) is 9.80 Å². The second-order valence-corrected chi connectivity index (χ2v) is 6.92. The highest BCUT2D eigenvalue weighted by Crippen LogP contribution is 2.35. The molecule has 8 heteroatoms. The average Bonchev–Trinajstić information content (AvgIpc) is 2.90. The second-order valence-electron chi connectivity index (χ2n) is 6.92. The number of rotatable bonds is 3. The van der Waals surface area contributed by atoms with Gasteiger partial charge in [0, 0.05) is 25.6 Å². The Morgan fingerprint density at radius 3 is 2.81 bits per heavy atom. The molecule has 3 heterocycles. The highest BCUT2D eigenvalue weighted by atomic mass is 16.6. The molecule has 2 saturated heterocycles. The fourth-order valence-electron chi connectivity index (χ4n) is 3.87. The summed E-state index contributed by atoms with van der Waals surface area (Å²) in [5.74, 6) is 0.201. The van der Waals surface area contributed by atoms with Crippen LogP contribution in [-0.4, -0.2) is 85.4 Å². The molecule has 0 radical (unpaired) electrons. The lowest BCUT2D eigenvalue weighted by Crippen LogP contribution is -2.47. The molecule has 1 amide bonds. The molecule has 140 valence electrons. The summed E-state index contributed by atoms with van der Waals surface area (Å²) in [7, 11) is 0. The van der Waals surface area contributed by atoms with Gasteiger partial charge in [-0.05, 0) is 12.1 Å². The summed E-state index contributed by atoms with van der Waals surface area (Å²) >= 11 is 0. The zero-order chi connectivity index (χ0) is 18.1. The van der Waals surface area contributed by atoms with E-state index in [0.717, 1.165) is 0 Å². The summed E-state index contributed by atoms with van der Waals surface area (Å²) in [6.45, 7) is 3.41. The number of fused-ring (bicyclic) bond motifs is 4. The first-order chi connectivity index (χ1) is 12.6. The van der Waals surface area contributed by atoms with Crippen LogP contribution in [0.4, 0.5) is 0 Å². The smallest absolute Gasteiger partial charge is 0.317 e. The Kier molecular flexibility index (Phi) is 4.69. The van der Waals surface area contributed by atoms with Crippen LogP contribution in [0.25, 0.3) is 0 Å². The third-order valence-electron chi connectivity index (χ3n) is 5.00. The first kappa shape index (κ1) is 17.1. The number of carboxylic acid groups (broad SMARTS) is 1. The topological polar surface area (TPSA) is 88.5 Å². The van der Waals surface area contributed by atoms with Crippen LogP contribution >= 0.6 is 0 Å². The van der Waals surface area contributed by atoms with Crippen LogP contribution < -0.4 is 9.47 Å². The molecule has 0 unspecified atom stereocenters. The fraction of sp³-hybridized carbons (Fsp3) is 0.556. The van der Waals surface area contributed by atoms with Gasteiger partial charge in [0.2, 0.25) is 0 Å². The van der Waals surface area contributed by atoms with E-state index in [-0.39, 0.29) is 24.4 Å². The van der Waals surface area contributed by atoms with Gasteiger partial charge in [-0.2, -0.15) is 0 Å². The van der Waals surface area contributed by atoms with Crippen molar-refractivity contribution in [2.24, 2.45) is 5.92 Å². The molecule has 2 fully saturated rings. The summed E-state index contributed by atoms with van der Waals surface area (Å²) in [6.07, 6.45) is 0. The number of nitrogens with zero attached hydrogens (tertiary/aromatic N) is 2. The molecule has 4 rings (SSSR count). The zero-order valence-electron chi connectivity index (χ0n) is 14.4. The van der Waals surface area contributed by atoms with E-state index in [1.54, 1.807) is 23.1 Å². The first-order valence-corrected chi connectivity index (χ1v) is 8.83. The number of benzene rings is 1. The number of hydrogen-bond acceptors (Lipinski definition) is 6. The van der Waals surface area contributed by atoms with Crippen molar-refractivity contribution in [2.45, 2.75) is 6.04 Å². The quantitative estimate of drug-likeness (QED) is 0.828. The van der Waals surface area contributed by atoms with Crippen LogP contribution in [0.15, 0.2) is 18.2 Å². The zero-order valence-corrected chi connectivity index (χ0v) is 14.4. The molecule has 3 aliphatic heterocycles. The van der Waals surface area contributed by atoms with Gasteiger partial charge >= 0.3 is 5.97 Å². The summed E-state index contributed by atoms with van der Waals surface area (Å²) in [5.41, 5.74) is 0.493. The molecule has 2 bridgehead atoms. The summed E-state index contributed by atoms with van der Waals surface area (Å²) in [5, 5.41) is 9.17. The van der Waals surface area contributed by atoms with Gasteiger partial charge in [0.15, 0.2) is 11.5 Å². The highest BCUT2D eigenvalue weighted by molar-refractivity contribution is 5.98. The summed E-state index contributed by atoms with van der Waals surface area (Å²) < 4.78 is 16.9. The maximum absolute atomic E-state index is 13.2. The molecule has 0 aromatic heterocycles. The van der Waals surface area contributed by atoms with Crippen LogP contribution in [0.5, 0.6) is 11.5 Å². The minimum atomic E-state index is -0.863. The van der Waals surface area contributed by atoms with E-state index >= 15 is 0 Å². The lowest BCUT2D eigenvalue weighted by Gasteiger charge is -2.31. The van der Waals surface area contributed by atoms with Crippen LogP contribution in [0.1, 0.15) is 10.4 Å². The number of ether oxygens (including phenoxy) is 3. The molecule has 0 saturated carbocycles. The number of amides is 1. The van der Waals surface area contributed by atoms with E-state index in [2.05, 4.69) is 0 Å². The molecule has 2 atom stereocenters. The fourth-order valence-corrected chi connectivity index (χ4v) is 3.87. The van der Waals surface area contributed by atoms with E-state index < -0.39 is 5.97 Å². The monoisotopic (exact) mass is 362 g/mol. The van der Waals surface area contributed by atoms with Crippen molar-refractivity contribution in [2.75, 3.05) is 52.6 Å². The Hall–Kier alpha value is -2.32. The Balaban J connectivity index is 1.58. The van der Waals surface area contributed by atoms with Crippen molar-refractivity contribution >= 4 is 11.9 Å². The van der Waals surface area contributed by atoms with E-state index in [1.165, 1.54) is 0 Å². The van der Waals surface area contributed by atoms with Crippen molar-refractivity contribution in [3.05, 3.63) is 23.8 Å². The number of aliphatic carboxylic acids is 1. The van der Waals surface area contributed by atoms with Gasteiger partial charge in [0.05, 0.1) is 31.4 Å². The molecule has 1 aromatic carbocycles. The van der Waals surface area contributed by atoms with E-state index in [1.807, 2.05) is 4.90 Å². The molecule has 8 nitrogen and oxygen atoms in total. The number of carbonyl (C=O) groups excluding carboxylic acids is 1. The summed E-state index contributed by atoms with van der Waals surface area (Å²) in [6, 6.07) is 5.21. The van der Waals surface area contributed by atoms with E-state index in [0.29, 0.717) is 63.1 Å². The van der Waals surface area contributed by atoms with E-state index in [4.69, 9.17) is 19.3 Å². The Morgan fingerprint density at radius 1 is 1.12 bits per heavy atom. The van der Waals surface area contributed by atoms with Crippen LogP contribution in [0.2, 0.25) is 0 Å². The standard InChI is InChI=1S/C18H22N2O6/c21-16(22)9-19-6-12-7-20(8-13(19)11-24-10-12)18(23)14-2-1-3-15-17(14)26-5-4-25-15/h1-3,12-13H,4-11H2,(H,21,22)/t12-,13+/m1/s1. The largest absolute Gasteiger partial charge is 0.486 e. The molecule has 1 aromatic rings. The van der Waals surface area contributed by atoms with Crippen molar-refractivity contribution < 1.29 is 28.9 Å². The SMILES string of the molecule is O=C(O)CN1C[C@H]2COC[C@@H]1CN(C(=O)c1cccc3c1OCCO3)C2. The third kappa shape index (κ3) is 3.34. The molecule has 1 N–H and O–H groups in total. The van der Waals surface area contributed by atoms with Crippen molar-refractivity contribution in [1.29, 1.82) is 0 Å². The molecule has 3 aliphatic rings. The molecular weight excluding hydrogens is 340 g/mol.